The Morgan fingerprint density at radius 2 is 1.85 bits per heavy atom. The van der Waals surface area contributed by atoms with Gasteiger partial charge in [0.1, 0.15) is 0 Å². The molecule has 1 aromatic carbocycles. The Kier molecular flexibility index (Phi) is 2.38. The van der Waals surface area contributed by atoms with E-state index in [4.69, 9.17) is 5.73 Å². The van der Waals surface area contributed by atoms with Gasteiger partial charge in [-0.1, -0.05) is 29.8 Å². The summed E-state index contributed by atoms with van der Waals surface area (Å²) in [5.41, 5.74) is 5.07. The van der Waals surface area contributed by atoms with Crippen molar-refractivity contribution in [3.05, 3.63) is 35.4 Å². The van der Waals surface area contributed by atoms with Crippen molar-refractivity contribution < 1.29 is 9.90 Å². The standard InChI is InChI=1S/C10H13NO2/c1-7-3-5-8(6-4-7)10(2,13)9(11)12/h3-6,13H,1-2H3,(H2,11,12). The molecule has 1 unspecified atom stereocenters. The zero-order valence-corrected chi connectivity index (χ0v) is 7.74. The van der Waals surface area contributed by atoms with Crippen LogP contribution < -0.4 is 5.73 Å². The predicted molar refractivity (Wildman–Crippen MR) is 49.9 cm³/mol. The van der Waals surface area contributed by atoms with Crippen LogP contribution in [0.5, 0.6) is 0 Å². The molecule has 0 aliphatic rings. The lowest BCUT2D eigenvalue weighted by molar-refractivity contribution is -0.135. The van der Waals surface area contributed by atoms with E-state index in [1.807, 2.05) is 19.1 Å². The van der Waals surface area contributed by atoms with Gasteiger partial charge in [-0.15, -0.1) is 0 Å². The highest BCUT2D eigenvalue weighted by Crippen LogP contribution is 2.19. The van der Waals surface area contributed by atoms with Crippen LogP contribution in [-0.4, -0.2) is 11.0 Å². The summed E-state index contributed by atoms with van der Waals surface area (Å²) >= 11 is 0. The summed E-state index contributed by atoms with van der Waals surface area (Å²) in [6.45, 7) is 3.32. The Morgan fingerprint density at radius 3 is 2.23 bits per heavy atom. The molecule has 0 saturated heterocycles. The van der Waals surface area contributed by atoms with Gasteiger partial charge in [-0.2, -0.15) is 0 Å². The molecule has 70 valence electrons. The first kappa shape index (κ1) is 9.74. The summed E-state index contributed by atoms with van der Waals surface area (Å²) < 4.78 is 0. The molecule has 3 N–H and O–H groups in total. The van der Waals surface area contributed by atoms with Crippen molar-refractivity contribution in [1.82, 2.24) is 0 Å². The van der Waals surface area contributed by atoms with Gasteiger partial charge < -0.3 is 10.8 Å². The number of aryl methyl sites for hydroxylation is 1. The lowest BCUT2D eigenvalue weighted by atomic mass is 9.95. The topological polar surface area (TPSA) is 63.3 Å². The summed E-state index contributed by atoms with van der Waals surface area (Å²) in [6, 6.07) is 7.04. The van der Waals surface area contributed by atoms with Gasteiger partial charge in [0.2, 0.25) is 0 Å². The first-order valence-corrected chi connectivity index (χ1v) is 4.04. The zero-order chi connectivity index (χ0) is 10.1. The summed E-state index contributed by atoms with van der Waals surface area (Å²) in [6.07, 6.45) is 0. The Morgan fingerprint density at radius 1 is 1.38 bits per heavy atom. The van der Waals surface area contributed by atoms with E-state index < -0.39 is 11.5 Å². The summed E-state index contributed by atoms with van der Waals surface area (Å²) in [5, 5.41) is 9.68. The van der Waals surface area contributed by atoms with Crippen LogP contribution in [0.2, 0.25) is 0 Å². The van der Waals surface area contributed by atoms with Crippen LogP contribution >= 0.6 is 0 Å². The minimum absolute atomic E-state index is 0.519. The van der Waals surface area contributed by atoms with E-state index in [9.17, 15) is 9.90 Å². The number of benzene rings is 1. The average molecular weight is 179 g/mol. The molecule has 1 rings (SSSR count). The van der Waals surface area contributed by atoms with Crippen LogP contribution in [0, 0.1) is 6.92 Å². The minimum Gasteiger partial charge on any atom is -0.376 e. The second-order valence-corrected chi connectivity index (χ2v) is 3.30. The van der Waals surface area contributed by atoms with Gasteiger partial charge in [-0.05, 0) is 19.4 Å². The summed E-state index contributed by atoms with van der Waals surface area (Å²) in [5.74, 6) is -0.739. The third-order valence-corrected chi connectivity index (χ3v) is 2.09. The first-order chi connectivity index (χ1) is 5.94. The highest BCUT2D eigenvalue weighted by molar-refractivity contribution is 5.84. The number of nitrogens with two attached hydrogens (primary N) is 1. The molecular formula is C10H13NO2. The van der Waals surface area contributed by atoms with Crippen LogP contribution in [0.1, 0.15) is 18.1 Å². The Labute approximate surface area is 77.2 Å². The minimum atomic E-state index is -1.58. The van der Waals surface area contributed by atoms with Gasteiger partial charge in [0.25, 0.3) is 5.91 Å². The molecule has 0 heterocycles. The van der Waals surface area contributed by atoms with E-state index in [0.717, 1.165) is 5.56 Å². The molecule has 0 spiro atoms. The van der Waals surface area contributed by atoms with Gasteiger partial charge in [0, 0.05) is 0 Å². The van der Waals surface area contributed by atoms with E-state index in [2.05, 4.69) is 0 Å². The molecule has 0 radical (unpaired) electrons. The molecule has 3 heteroatoms. The quantitative estimate of drug-likeness (QED) is 0.701. The second kappa shape index (κ2) is 3.18. The molecule has 0 saturated carbocycles. The lowest BCUT2D eigenvalue weighted by Gasteiger charge is -2.19. The highest BCUT2D eigenvalue weighted by atomic mass is 16.3. The molecule has 1 atom stereocenters. The zero-order valence-electron chi connectivity index (χ0n) is 7.74. The smallest absolute Gasteiger partial charge is 0.253 e. The SMILES string of the molecule is Cc1ccc(C(C)(O)C(N)=O)cc1. The third-order valence-electron chi connectivity index (χ3n) is 2.09. The molecule has 0 bridgehead atoms. The number of amides is 1. The van der Waals surface area contributed by atoms with Gasteiger partial charge in [0.05, 0.1) is 0 Å². The number of hydrogen-bond donors (Lipinski definition) is 2. The van der Waals surface area contributed by atoms with E-state index in [1.165, 1.54) is 6.92 Å². The van der Waals surface area contributed by atoms with E-state index in [-0.39, 0.29) is 0 Å². The largest absolute Gasteiger partial charge is 0.376 e. The van der Waals surface area contributed by atoms with Crippen LogP contribution in [0.15, 0.2) is 24.3 Å². The molecule has 3 nitrogen and oxygen atoms in total. The lowest BCUT2D eigenvalue weighted by Crippen LogP contribution is -2.38. The van der Waals surface area contributed by atoms with Crippen LogP contribution in [0.4, 0.5) is 0 Å². The fourth-order valence-corrected chi connectivity index (χ4v) is 1.02. The monoisotopic (exact) mass is 179 g/mol. The number of rotatable bonds is 2. The maximum atomic E-state index is 10.9. The van der Waals surface area contributed by atoms with Crippen molar-refractivity contribution >= 4 is 5.91 Å². The normalized spacial score (nSPS) is 15.0. The van der Waals surface area contributed by atoms with Crippen LogP contribution in [0.25, 0.3) is 0 Å². The van der Waals surface area contributed by atoms with Gasteiger partial charge in [-0.25, -0.2) is 0 Å². The number of primary amides is 1. The van der Waals surface area contributed by atoms with Crippen LogP contribution in [-0.2, 0) is 10.4 Å². The van der Waals surface area contributed by atoms with Gasteiger partial charge >= 0.3 is 0 Å². The molecule has 1 aromatic rings. The Bertz CT molecular complexity index is 314. The van der Waals surface area contributed by atoms with Crippen molar-refractivity contribution in [3.63, 3.8) is 0 Å². The average Bonchev–Trinajstić information content (AvgIpc) is 2.04. The first-order valence-electron chi connectivity index (χ1n) is 4.04. The fraction of sp³-hybridized carbons (Fsp3) is 0.300. The number of hydrogen-bond acceptors (Lipinski definition) is 2. The molecule has 0 fully saturated rings. The number of carbonyl (C=O) groups excluding carboxylic acids is 1. The van der Waals surface area contributed by atoms with Crippen molar-refractivity contribution in [2.24, 2.45) is 5.73 Å². The van der Waals surface area contributed by atoms with Gasteiger partial charge in [-0.3, -0.25) is 4.79 Å². The van der Waals surface area contributed by atoms with Gasteiger partial charge in [0.15, 0.2) is 5.60 Å². The van der Waals surface area contributed by atoms with E-state index in [1.54, 1.807) is 12.1 Å². The Hall–Kier alpha value is -1.35. The predicted octanol–water partition coefficient (Wildman–Crippen LogP) is 0.688. The maximum absolute atomic E-state index is 10.9. The second-order valence-electron chi connectivity index (χ2n) is 3.30. The van der Waals surface area contributed by atoms with Crippen molar-refractivity contribution in [2.75, 3.05) is 0 Å². The highest BCUT2D eigenvalue weighted by Gasteiger charge is 2.29. The third kappa shape index (κ3) is 1.87. The fourth-order valence-electron chi connectivity index (χ4n) is 1.02. The Balaban J connectivity index is 3.08. The maximum Gasteiger partial charge on any atom is 0.253 e. The molecule has 1 amide bonds. The summed E-state index contributed by atoms with van der Waals surface area (Å²) in [4.78, 5) is 10.9. The molecule has 13 heavy (non-hydrogen) atoms. The summed E-state index contributed by atoms with van der Waals surface area (Å²) in [7, 11) is 0. The van der Waals surface area contributed by atoms with Crippen LogP contribution in [0.3, 0.4) is 0 Å². The molecule has 0 aliphatic carbocycles. The molecular weight excluding hydrogens is 166 g/mol. The number of aliphatic hydroxyl groups is 1. The van der Waals surface area contributed by atoms with E-state index in [0.29, 0.717) is 5.56 Å². The van der Waals surface area contributed by atoms with Crippen molar-refractivity contribution in [1.29, 1.82) is 0 Å². The van der Waals surface area contributed by atoms with E-state index >= 15 is 0 Å². The molecule has 0 aromatic heterocycles. The number of carbonyl (C=O) groups is 1. The van der Waals surface area contributed by atoms with Crippen molar-refractivity contribution in [3.8, 4) is 0 Å². The van der Waals surface area contributed by atoms with Crippen molar-refractivity contribution in [2.45, 2.75) is 19.4 Å². The molecule has 0 aliphatic heterocycles.